The van der Waals surface area contributed by atoms with Gasteiger partial charge >= 0.3 is 0 Å². The largest absolute Gasteiger partial charge is 0.310 e. The quantitative estimate of drug-likeness (QED) is 0.917. The van der Waals surface area contributed by atoms with Crippen LogP contribution in [0.4, 0.5) is 0 Å². The molecule has 0 saturated carbocycles. The van der Waals surface area contributed by atoms with Crippen molar-refractivity contribution >= 4 is 12.4 Å². The second kappa shape index (κ2) is 6.93. The van der Waals surface area contributed by atoms with E-state index in [1.54, 1.807) is 0 Å². The normalized spacial score (nSPS) is 26.4. The summed E-state index contributed by atoms with van der Waals surface area (Å²) in [4.78, 5) is 2.63. The maximum atomic E-state index is 3.75. The summed E-state index contributed by atoms with van der Waals surface area (Å²) in [5.41, 5.74) is 2.91. The first kappa shape index (κ1) is 15.8. The average Bonchev–Trinajstić information content (AvgIpc) is 2.73. The summed E-state index contributed by atoms with van der Waals surface area (Å²) < 4.78 is 0. The Balaban J connectivity index is 0.00000147. The van der Waals surface area contributed by atoms with Gasteiger partial charge in [0.2, 0.25) is 0 Å². The van der Waals surface area contributed by atoms with Crippen LogP contribution in [0.3, 0.4) is 0 Å². The van der Waals surface area contributed by atoms with E-state index in [0.717, 1.165) is 18.6 Å². The van der Waals surface area contributed by atoms with Crippen LogP contribution >= 0.6 is 12.4 Å². The molecule has 3 rings (SSSR count). The van der Waals surface area contributed by atoms with Crippen molar-refractivity contribution in [2.24, 2.45) is 0 Å². The predicted molar refractivity (Wildman–Crippen MR) is 87.6 cm³/mol. The Kier molecular flexibility index (Phi) is 5.48. The zero-order valence-electron chi connectivity index (χ0n) is 12.6. The lowest BCUT2D eigenvalue weighted by atomic mass is 10.0. The summed E-state index contributed by atoms with van der Waals surface area (Å²) in [6.07, 6.45) is 4.08. The van der Waals surface area contributed by atoms with Crippen LogP contribution in [-0.2, 0) is 6.54 Å². The number of likely N-dealkylation sites (tertiary alicyclic amines) is 1. The van der Waals surface area contributed by atoms with E-state index in [2.05, 4.69) is 48.3 Å². The molecule has 2 nitrogen and oxygen atoms in total. The van der Waals surface area contributed by atoms with Crippen molar-refractivity contribution in [3.8, 4) is 0 Å². The number of rotatable bonds is 3. The van der Waals surface area contributed by atoms with Crippen LogP contribution in [-0.4, -0.2) is 30.1 Å². The monoisotopic (exact) mass is 294 g/mol. The molecule has 2 heterocycles. The molecule has 2 saturated heterocycles. The van der Waals surface area contributed by atoms with Crippen molar-refractivity contribution < 1.29 is 0 Å². The molecule has 0 aliphatic carbocycles. The lowest BCUT2D eigenvalue weighted by Gasteiger charge is -2.24. The van der Waals surface area contributed by atoms with Crippen LogP contribution in [0.1, 0.15) is 50.2 Å². The Bertz CT molecular complexity index is 416. The minimum atomic E-state index is 0. The van der Waals surface area contributed by atoms with Gasteiger partial charge in [-0.2, -0.15) is 0 Å². The number of nitrogens with zero attached hydrogens (tertiary/aromatic N) is 1. The number of nitrogens with one attached hydrogen (secondary N) is 1. The van der Waals surface area contributed by atoms with Gasteiger partial charge in [-0.3, -0.25) is 4.90 Å². The molecular weight excluding hydrogens is 268 g/mol. The van der Waals surface area contributed by atoms with E-state index in [4.69, 9.17) is 0 Å². The topological polar surface area (TPSA) is 15.3 Å². The van der Waals surface area contributed by atoms with E-state index < -0.39 is 0 Å². The second-order valence-corrected chi connectivity index (χ2v) is 6.56. The van der Waals surface area contributed by atoms with Crippen molar-refractivity contribution in [3.05, 3.63) is 35.4 Å². The summed E-state index contributed by atoms with van der Waals surface area (Å²) in [5.74, 6) is 0.632. The van der Waals surface area contributed by atoms with Gasteiger partial charge in [-0.1, -0.05) is 38.1 Å². The average molecular weight is 295 g/mol. The van der Waals surface area contributed by atoms with E-state index in [-0.39, 0.29) is 12.4 Å². The zero-order chi connectivity index (χ0) is 13.2. The number of fused-ring (bicyclic) bond motifs is 2. The lowest BCUT2D eigenvalue weighted by molar-refractivity contribution is 0.251. The summed E-state index contributed by atoms with van der Waals surface area (Å²) >= 11 is 0. The van der Waals surface area contributed by atoms with Gasteiger partial charge in [0.15, 0.2) is 0 Å². The van der Waals surface area contributed by atoms with Gasteiger partial charge in [-0.05, 0) is 36.3 Å². The van der Waals surface area contributed by atoms with Crippen molar-refractivity contribution in [1.82, 2.24) is 10.2 Å². The highest BCUT2D eigenvalue weighted by Gasteiger charge is 2.28. The second-order valence-electron chi connectivity index (χ2n) is 6.56. The molecule has 1 aromatic carbocycles. The molecule has 0 spiro atoms. The van der Waals surface area contributed by atoms with E-state index in [1.807, 2.05) is 0 Å². The van der Waals surface area contributed by atoms with Crippen LogP contribution in [0.2, 0.25) is 0 Å². The lowest BCUT2D eigenvalue weighted by Crippen LogP contribution is -2.34. The molecule has 0 radical (unpaired) electrons. The molecule has 2 fully saturated rings. The fourth-order valence-electron chi connectivity index (χ4n) is 3.43. The predicted octanol–water partition coefficient (Wildman–Crippen LogP) is 3.56. The molecule has 2 unspecified atom stereocenters. The highest BCUT2D eigenvalue weighted by molar-refractivity contribution is 5.85. The zero-order valence-corrected chi connectivity index (χ0v) is 13.5. The van der Waals surface area contributed by atoms with E-state index >= 15 is 0 Å². The molecule has 112 valence electrons. The van der Waals surface area contributed by atoms with Crippen molar-refractivity contribution in [2.45, 2.75) is 57.7 Å². The number of hydrogen-bond acceptors (Lipinski definition) is 2. The Morgan fingerprint density at radius 1 is 1.10 bits per heavy atom. The SMILES string of the molecule is CC(C)c1ccc(CN2CCC3CCC(C2)N3)cc1.Cl. The maximum absolute atomic E-state index is 3.75. The molecule has 20 heavy (non-hydrogen) atoms. The number of benzene rings is 1. The van der Waals surface area contributed by atoms with E-state index in [0.29, 0.717) is 5.92 Å². The highest BCUT2D eigenvalue weighted by atomic mass is 35.5. The van der Waals surface area contributed by atoms with Gasteiger partial charge in [0.05, 0.1) is 0 Å². The fraction of sp³-hybridized carbons (Fsp3) is 0.647. The first-order valence-corrected chi connectivity index (χ1v) is 7.78. The van der Waals surface area contributed by atoms with Gasteiger partial charge in [-0.15, -0.1) is 12.4 Å². The first-order chi connectivity index (χ1) is 9.20. The molecule has 1 N–H and O–H groups in total. The van der Waals surface area contributed by atoms with Gasteiger partial charge in [0, 0.05) is 31.7 Å². The number of hydrogen-bond donors (Lipinski definition) is 1. The molecule has 0 amide bonds. The standard InChI is InChI=1S/C17H26N2.ClH/c1-13(2)15-5-3-14(4-6-15)11-19-10-9-16-7-8-17(12-19)18-16;/h3-6,13,16-18H,7-12H2,1-2H3;1H. The molecular formula is C17H27ClN2. The summed E-state index contributed by atoms with van der Waals surface area (Å²) in [5, 5.41) is 3.75. The third-order valence-corrected chi connectivity index (χ3v) is 4.66. The molecule has 2 bridgehead atoms. The molecule has 3 heteroatoms. The molecule has 2 aliphatic rings. The van der Waals surface area contributed by atoms with E-state index in [9.17, 15) is 0 Å². The third kappa shape index (κ3) is 3.75. The maximum Gasteiger partial charge on any atom is 0.0234 e. The molecule has 1 aromatic rings. The van der Waals surface area contributed by atoms with Crippen molar-refractivity contribution in [1.29, 1.82) is 0 Å². The Hall–Kier alpha value is -0.570. The van der Waals surface area contributed by atoms with Gasteiger partial charge in [-0.25, -0.2) is 0 Å². The fourth-order valence-corrected chi connectivity index (χ4v) is 3.43. The molecule has 0 aromatic heterocycles. The minimum absolute atomic E-state index is 0. The summed E-state index contributed by atoms with van der Waals surface area (Å²) in [6, 6.07) is 10.7. The first-order valence-electron chi connectivity index (χ1n) is 7.78. The van der Waals surface area contributed by atoms with Crippen LogP contribution in [0.25, 0.3) is 0 Å². The van der Waals surface area contributed by atoms with Gasteiger partial charge in [0.1, 0.15) is 0 Å². The third-order valence-electron chi connectivity index (χ3n) is 4.66. The van der Waals surface area contributed by atoms with Crippen LogP contribution < -0.4 is 5.32 Å². The van der Waals surface area contributed by atoms with E-state index in [1.165, 1.54) is 43.5 Å². The molecule has 2 atom stereocenters. The summed E-state index contributed by atoms with van der Waals surface area (Å²) in [7, 11) is 0. The van der Waals surface area contributed by atoms with Crippen molar-refractivity contribution in [2.75, 3.05) is 13.1 Å². The van der Waals surface area contributed by atoms with Gasteiger partial charge < -0.3 is 5.32 Å². The minimum Gasteiger partial charge on any atom is -0.310 e. The smallest absolute Gasteiger partial charge is 0.0234 e. The highest BCUT2D eigenvalue weighted by Crippen LogP contribution is 2.22. The Labute approximate surface area is 129 Å². The molecule has 2 aliphatic heterocycles. The number of halogens is 1. The Morgan fingerprint density at radius 2 is 1.80 bits per heavy atom. The van der Waals surface area contributed by atoms with Crippen LogP contribution in [0.5, 0.6) is 0 Å². The van der Waals surface area contributed by atoms with Gasteiger partial charge in [0.25, 0.3) is 0 Å². The van der Waals surface area contributed by atoms with Crippen LogP contribution in [0, 0.1) is 0 Å². The van der Waals surface area contributed by atoms with Crippen molar-refractivity contribution in [3.63, 3.8) is 0 Å². The summed E-state index contributed by atoms with van der Waals surface area (Å²) in [6.45, 7) is 8.10. The Morgan fingerprint density at radius 3 is 2.50 bits per heavy atom. The van der Waals surface area contributed by atoms with Crippen LogP contribution in [0.15, 0.2) is 24.3 Å².